The molecule has 3 aromatic carbocycles. The summed E-state index contributed by atoms with van der Waals surface area (Å²) in [5.41, 5.74) is 3.07. The number of aliphatic hydroxyl groups is 1. The van der Waals surface area contributed by atoms with Crippen molar-refractivity contribution < 1.29 is 10.2 Å². The smallest absolute Gasteiger partial charge is 0.128 e. The van der Waals surface area contributed by atoms with Gasteiger partial charge in [0.2, 0.25) is 0 Å². The van der Waals surface area contributed by atoms with Gasteiger partial charge in [-0.15, -0.1) is 0 Å². The normalized spacial score (nSPS) is 14.1. The minimum atomic E-state index is -0.784. The zero-order chi connectivity index (χ0) is 20.1. The predicted octanol–water partition coefficient (Wildman–Crippen LogP) is 5.58. The molecule has 3 nitrogen and oxygen atoms in total. The average molecular weight is 373 g/mol. The van der Waals surface area contributed by atoms with Crippen molar-refractivity contribution in [1.29, 1.82) is 0 Å². The number of rotatable bonds is 5. The summed E-state index contributed by atoms with van der Waals surface area (Å²) < 4.78 is 0. The van der Waals surface area contributed by atoms with Gasteiger partial charge in [0.15, 0.2) is 0 Å². The number of nitrogens with zero attached hydrogens (tertiary/aromatic N) is 1. The summed E-state index contributed by atoms with van der Waals surface area (Å²) in [6.45, 7) is 6.19. The Bertz CT molecular complexity index is 928. The van der Waals surface area contributed by atoms with E-state index in [1.165, 1.54) is 0 Å². The molecule has 0 aliphatic carbocycles. The fourth-order valence-corrected chi connectivity index (χ4v) is 3.26. The maximum atomic E-state index is 11.0. The minimum Gasteiger partial charge on any atom is -0.507 e. The van der Waals surface area contributed by atoms with Crippen LogP contribution in [0.4, 0.5) is 0 Å². The Morgan fingerprint density at radius 1 is 0.786 bits per heavy atom. The van der Waals surface area contributed by atoms with Gasteiger partial charge >= 0.3 is 0 Å². The van der Waals surface area contributed by atoms with Crippen molar-refractivity contribution in [3.8, 4) is 5.75 Å². The molecule has 3 heteroatoms. The van der Waals surface area contributed by atoms with Gasteiger partial charge in [-0.2, -0.15) is 0 Å². The third-order valence-electron chi connectivity index (χ3n) is 4.83. The Balaban J connectivity index is 1.99. The number of para-hydroxylation sites is 1. The molecule has 28 heavy (non-hydrogen) atoms. The van der Waals surface area contributed by atoms with Gasteiger partial charge in [0.1, 0.15) is 17.9 Å². The van der Waals surface area contributed by atoms with E-state index in [0.717, 1.165) is 16.7 Å². The van der Waals surface area contributed by atoms with Crippen LogP contribution in [0.5, 0.6) is 5.75 Å². The second-order valence-corrected chi connectivity index (χ2v) is 7.98. The molecule has 2 N–H and O–H groups in total. The van der Waals surface area contributed by atoms with E-state index < -0.39 is 12.1 Å². The van der Waals surface area contributed by atoms with Crippen LogP contribution in [0.2, 0.25) is 0 Å². The highest BCUT2D eigenvalue weighted by Crippen LogP contribution is 2.34. The molecule has 0 saturated carbocycles. The molecule has 0 fully saturated rings. The second kappa shape index (κ2) is 8.41. The highest BCUT2D eigenvalue weighted by atomic mass is 16.3. The van der Waals surface area contributed by atoms with Crippen LogP contribution < -0.4 is 0 Å². The van der Waals surface area contributed by atoms with Gasteiger partial charge in [0, 0.05) is 11.8 Å². The second-order valence-electron chi connectivity index (χ2n) is 7.98. The highest BCUT2D eigenvalue weighted by molar-refractivity contribution is 5.84. The minimum absolute atomic E-state index is 0.170. The maximum Gasteiger partial charge on any atom is 0.128 e. The number of phenolic OH excluding ortho intramolecular Hbond substituents is 1. The lowest BCUT2D eigenvalue weighted by atomic mass is 9.85. The molecule has 0 radical (unpaired) electrons. The lowest BCUT2D eigenvalue weighted by molar-refractivity contribution is 0.148. The molecule has 0 heterocycles. The number of aliphatic imine (C=N–C) groups is 1. The largest absolute Gasteiger partial charge is 0.507 e. The quantitative estimate of drug-likeness (QED) is 0.573. The summed E-state index contributed by atoms with van der Waals surface area (Å²) >= 11 is 0. The highest BCUT2D eigenvalue weighted by Gasteiger charge is 2.22. The van der Waals surface area contributed by atoms with Gasteiger partial charge in [0.05, 0.1) is 0 Å². The van der Waals surface area contributed by atoms with Crippen LogP contribution >= 0.6 is 0 Å². The summed E-state index contributed by atoms with van der Waals surface area (Å²) in [4.78, 5) is 4.69. The number of hydrogen-bond acceptors (Lipinski definition) is 3. The third-order valence-corrected chi connectivity index (χ3v) is 4.83. The fourth-order valence-electron chi connectivity index (χ4n) is 3.26. The Morgan fingerprint density at radius 2 is 1.36 bits per heavy atom. The van der Waals surface area contributed by atoms with Gasteiger partial charge in [-0.05, 0) is 28.2 Å². The molecule has 0 bridgehead atoms. The van der Waals surface area contributed by atoms with Crippen LogP contribution in [-0.2, 0) is 5.41 Å². The molecule has 3 aromatic rings. The van der Waals surface area contributed by atoms with Gasteiger partial charge in [-0.1, -0.05) is 93.6 Å². The molecule has 0 saturated heterocycles. The zero-order valence-electron chi connectivity index (χ0n) is 16.6. The first kappa shape index (κ1) is 19.8. The van der Waals surface area contributed by atoms with Crippen LogP contribution in [0.1, 0.15) is 55.2 Å². The lowest BCUT2D eigenvalue weighted by Crippen LogP contribution is -2.12. The van der Waals surface area contributed by atoms with E-state index in [1.807, 2.05) is 78.9 Å². The van der Waals surface area contributed by atoms with Crippen LogP contribution in [0, 0.1) is 0 Å². The Labute approximate surface area is 167 Å². The molecule has 0 aromatic heterocycles. The summed E-state index contributed by atoms with van der Waals surface area (Å²) in [6.07, 6.45) is 0.877. The lowest BCUT2D eigenvalue weighted by Gasteiger charge is -2.22. The van der Waals surface area contributed by atoms with E-state index in [9.17, 15) is 10.2 Å². The third kappa shape index (κ3) is 4.49. The molecule has 0 spiro atoms. The Hall–Kier alpha value is -2.91. The Morgan fingerprint density at radius 3 is 1.93 bits per heavy atom. The number of benzene rings is 3. The standard InChI is InChI=1S/C25H27NO2/c1-25(2,3)21-16-10-15-20(23(21)27)17-26-22(18-11-6-4-7-12-18)24(28)19-13-8-5-9-14-19/h4-17,22,24,27-28H,1-3H3/t22-,24+/m1/s1. The van der Waals surface area contributed by atoms with E-state index in [2.05, 4.69) is 25.8 Å². The molecular weight excluding hydrogens is 346 g/mol. The summed E-state index contributed by atoms with van der Waals surface area (Å²) in [7, 11) is 0. The predicted molar refractivity (Wildman–Crippen MR) is 115 cm³/mol. The van der Waals surface area contributed by atoms with Gasteiger partial charge in [-0.3, -0.25) is 4.99 Å². The molecule has 144 valence electrons. The van der Waals surface area contributed by atoms with Crippen molar-refractivity contribution in [3.05, 3.63) is 101 Å². The van der Waals surface area contributed by atoms with Crippen molar-refractivity contribution in [3.63, 3.8) is 0 Å². The van der Waals surface area contributed by atoms with E-state index in [-0.39, 0.29) is 11.2 Å². The van der Waals surface area contributed by atoms with E-state index in [0.29, 0.717) is 5.56 Å². The Kier molecular flexibility index (Phi) is 5.96. The van der Waals surface area contributed by atoms with Crippen LogP contribution in [0.25, 0.3) is 0 Å². The molecule has 0 aliphatic rings. The number of hydrogen-bond donors (Lipinski definition) is 2. The van der Waals surface area contributed by atoms with Crippen LogP contribution in [0.3, 0.4) is 0 Å². The molecule has 3 rings (SSSR count). The van der Waals surface area contributed by atoms with Gasteiger partial charge < -0.3 is 10.2 Å². The first-order valence-corrected chi connectivity index (χ1v) is 9.51. The van der Waals surface area contributed by atoms with E-state index in [4.69, 9.17) is 0 Å². The van der Waals surface area contributed by atoms with Crippen LogP contribution in [-0.4, -0.2) is 16.4 Å². The van der Waals surface area contributed by atoms with Crippen molar-refractivity contribution >= 4 is 6.21 Å². The van der Waals surface area contributed by atoms with Gasteiger partial charge in [-0.25, -0.2) is 0 Å². The first-order chi connectivity index (χ1) is 13.4. The first-order valence-electron chi connectivity index (χ1n) is 9.51. The average Bonchev–Trinajstić information content (AvgIpc) is 2.69. The molecular formula is C25H27NO2. The van der Waals surface area contributed by atoms with Gasteiger partial charge in [0.25, 0.3) is 0 Å². The summed E-state index contributed by atoms with van der Waals surface area (Å²) in [5.74, 6) is 0.236. The maximum absolute atomic E-state index is 11.0. The SMILES string of the molecule is CC(C)(C)c1cccc(C=N[C@H](c2ccccc2)[C@@H](O)c2ccccc2)c1O. The van der Waals surface area contributed by atoms with E-state index in [1.54, 1.807) is 6.21 Å². The number of aliphatic hydroxyl groups excluding tert-OH is 1. The number of aromatic hydroxyl groups is 1. The van der Waals surface area contributed by atoms with Crippen molar-refractivity contribution in [2.45, 2.75) is 38.3 Å². The zero-order valence-corrected chi connectivity index (χ0v) is 16.6. The number of phenols is 1. The fraction of sp³-hybridized carbons (Fsp3) is 0.240. The van der Waals surface area contributed by atoms with Crippen LogP contribution in [0.15, 0.2) is 83.9 Å². The summed E-state index contributed by atoms with van der Waals surface area (Å²) in [5, 5.41) is 21.7. The van der Waals surface area contributed by atoms with Crippen molar-refractivity contribution in [1.82, 2.24) is 0 Å². The van der Waals surface area contributed by atoms with Crippen molar-refractivity contribution in [2.24, 2.45) is 4.99 Å². The monoisotopic (exact) mass is 373 g/mol. The molecule has 0 unspecified atom stereocenters. The molecule has 2 atom stereocenters. The summed E-state index contributed by atoms with van der Waals surface area (Å²) in [6, 6.07) is 24.5. The molecule has 0 amide bonds. The van der Waals surface area contributed by atoms with Crippen molar-refractivity contribution in [2.75, 3.05) is 0 Å². The molecule has 0 aliphatic heterocycles. The topological polar surface area (TPSA) is 52.8 Å². The van der Waals surface area contributed by atoms with E-state index >= 15 is 0 Å².